The van der Waals surface area contributed by atoms with Gasteiger partial charge in [-0.3, -0.25) is 14.7 Å². The molecule has 21 heavy (non-hydrogen) atoms. The zero-order valence-electron chi connectivity index (χ0n) is 11.9. The van der Waals surface area contributed by atoms with Crippen LogP contribution in [0.2, 0.25) is 0 Å². The molecule has 2 aromatic heterocycles. The number of pyridine rings is 1. The molecule has 0 saturated carbocycles. The molecule has 1 fully saturated rings. The Labute approximate surface area is 128 Å². The van der Waals surface area contributed by atoms with Crippen molar-refractivity contribution in [3.05, 3.63) is 52.0 Å². The Bertz CT molecular complexity index is 626. The molecule has 2 aromatic rings. The largest absolute Gasteiger partial charge is 0.481 e. The van der Waals surface area contributed by atoms with Gasteiger partial charge in [-0.25, -0.2) is 0 Å². The van der Waals surface area contributed by atoms with Crippen molar-refractivity contribution in [3.63, 3.8) is 0 Å². The fraction of sp³-hybridized carbons (Fsp3) is 0.375. The monoisotopic (exact) mass is 302 g/mol. The molecule has 0 bridgehead atoms. The third kappa shape index (κ3) is 3.14. The molecule has 0 aromatic carbocycles. The maximum Gasteiger partial charge on any atom is 0.308 e. The van der Waals surface area contributed by atoms with Crippen LogP contribution in [0.4, 0.5) is 0 Å². The summed E-state index contributed by atoms with van der Waals surface area (Å²) in [4.78, 5) is 20.5. The number of hydrogen-bond donors (Lipinski definition) is 1. The second-order valence-corrected chi connectivity index (χ2v) is 6.92. The molecule has 0 radical (unpaired) electrons. The topological polar surface area (TPSA) is 53.4 Å². The van der Waals surface area contributed by atoms with Crippen molar-refractivity contribution in [1.82, 2.24) is 9.88 Å². The number of thiophene rings is 1. The highest BCUT2D eigenvalue weighted by Crippen LogP contribution is 2.33. The quantitative estimate of drug-likeness (QED) is 0.943. The van der Waals surface area contributed by atoms with E-state index < -0.39 is 5.97 Å². The van der Waals surface area contributed by atoms with E-state index in [9.17, 15) is 9.90 Å². The van der Waals surface area contributed by atoms with E-state index in [4.69, 9.17) is 0 Å². The number of likely N-dealkylation sites (tertiary alicyclic amines) is 1. The third-order valence-corrected chi connectivity index (χ3v) is 4.99. The van der Waals surface area contributed by atoms with Gasteiger partial charge in [0.05, 0.1) is 5.92 Å². The molecule has 3 rings (SSSR count). The molecule has 0 unspecified atom stereocenters. The lowest BCUT2D eigenvalue weighted by molar-refractivity contribution is -0.141. The Hall–Kier alpha value is -1.72. The molecule has 1 N–H and O–H groups in total. The number of hydrogen-bond acceptors (Lipinski definition) is 4. The molecule has 3 heterocycles. The van der Waals surface area contributed by atoms with Crippen molar-refractivity contribution in [3.8, 4) is 0 Å². The average Bonchev–Trinajstić information content (AvgIpc) is 3.07. The number of aromatic nitrogens is 1. The van der Waals surface area contributed by atoms with Gasteiger partial charge in [-0.05, 0) is 30.7 Å². The van der Waals surface area contributed by atoms with E-state index in [1.807, 2.05) is 12.1 Å². The maximum atomic E-state index is 11.5. The summed E-state index contributed by atoms with van der Waals surface area (Å²) in [7, 11) is 0. The van der Waals surface area contributed by atoms with Gasteiger partial charge in [0, 0.05) is 47.7 Å². The smallest absolute Gasteiger partial charge is 0.308 e. The molecule has 5 heteroatoms. The van der Waals surface area contributed by atoms with Gasteiger partial charge in [0.25, 0.3) is 0 Å². The van der Waals surface area contributed by atoms with Crippen LogP contribution in [-0.4, -0.2) is 34.0 Å². The first-order valence-electron chi connectivity index (χ1n) is 7.04. The van der Waals surface area contributed by atoms with Gasteiger partial charge >= 0.3 is 5.97 Å². The van der Waals surface area contributed by atoms with E-state index in [0.29, 0.717) is 6.54 Å². The van der Waals surface area contributed by atoms with Crippen LogP contribution in [0.25, 0.3) is 0 Å². The lowest BCUT2D eigenvalue weighted by Crippen LogP contribution is -2.23. The summed E-state index contributed by atoms with van der Waals surface area (Å²) in [6.07, 6.45) is 3.51. The number of carbonyl (C=O) groups is 1. The van der Waals surface area contributed by atoms with Crippen LogP contribution < -0.4 is 0 Å². The Kier molecular flexibility index (Phi) is 4.03. The van der Waals surface area contributed by atoms with Crippen molar-refractivity contribution in [1.29, 1.82) is 0 Å². The molecule has 2 atom stereocenters. The van der Waals surface area contributed by atoms with E-state index in [-0.39, 0.29) is 11.8 Å². The Morgan fingerprint density at radius 3 is 2.90 bits per heavy atom. The lowest BCUT2D eigenvalue weighted by atomic mass is 9.90. The van der Waals surface area contributed by atoms with Gasteiger partial charge in [0.2, 0.25) is 0 Å². The van der Waals surface area contributed by atoms with E-state index in [0.717, 1.165) is 18.7 Å². The van der Waals surface area contributed by atoms with Crippen molar-refractivity contribution >= 4 is 17.3 Å². The summed E-state index contributed by atoms with van der Waals surface area (Å²) < 4.78 is 0. The second-order valence-electron chi connectivity index (χ2n) is 5.54. The Morgan fingerprint density at radius 1 is 1.43 bits per heavy atom. The minimum atomic E-state index is -0.714. The van der Waals surface area contributed by atoms with Gasteiger partial charge in [0.15, 0.2) is 0 Å². The number of aryl methyl sites for hydroxylation is 1. The van der Waals surface area contributed by atoms with E-state index in [1.54, 1.807) is 23.7 Å². The predicted octanol–water partition coefficient (Wildman–Crippen LogP) is 2.75. The molecule has 0 spiro atoms. The summed E-state index contributed by atoms with van der Waals surface area (Å²) >= 11 is 1.78. The highest BCUT2D eigenvalue weighted by Gasteiger charge is 2.38. The maximum absolute atomic E-state index is 11.5. The van der Waals surface area contributed by atoms with Gasteiger partial charge in [-0.2, -0.15) is 0 Å². The normalized spacial score (nSPS) is 22.5. The number of nitrogens with zero attached hydrogens (tertiary/aromatic N) is 2. The van der Waals surface area contributed by atoms with Crippen molar-refractivity contribution in [2.24, 2.45) is 5.92 Å². The van der Waals surface area contributed by atoms with Gasteiger partial charge in [-0.15, -0.1) is 11.3 Å². The SMILES string of the molecule is Cc1ccc(CN2C[C@@H](C(=O)O)[C@H](c3cccnc3)C2)s1. The molecule has 0 amide bonds. The number of carboxylic acids is 1. The highest BCUT2D eigenvalue weighted by molar-refractivity contribution is 7.11. The number of aliphatic carboxylic acids is 1. The summed E-state index contributed by atoms with van der Waals surface area (Å²) in [6, 6.07) is 8.10. The van der Waals surface area contributed by atoms with Crippen molar-refractivity contribution < 1.29 is 9.90 Å². The Morgan fingerprint density at radius 2 is 2.29 bits per heavy atom. The first-order valence-corrected chi connectivity index (χ1v) is 7.85. The van der Waals surface area contributed by atoms with Crippen LogP contribution in [0.3, 0.4) is 0 Å². The number of rotatable bonds is 4. The zero-order valence-corrected chi connectivity index (χ0v) is 12.7. The van der Waals surface area contributed by atoms with Gasteiger partial charge in [0.1, 0.15) is 0 Å². The minimum Gasteiger partial charge on any atom is -0.481 e. The Balaban J connectivity index is 1.76. The van der Waals surface area contributed by atoms with Crippen LogP contribution in [0.5, 0.6) is 0 Å². The first-order chi connectivity index (χ1) is 10.1. The fourth-order valence-corrected chi connectivity index (χ4v) is 3.92. The molecular formula is C16H18N2O2S. The van der Waals surface area contributed by atoms with E-state index >= 15 is 0 Å². The molecule has 110 valence electrons. The summed E-state index contributed by atoms with van der Waals surface area (Å²) in [5.41, 5.74) is 1.02. The molecule has 0 aliphatic carbocycles. The van der Waals surface area contributed by atoms with Crippen LogP contribution in [0.1, 0.15) is 21.2 Å². The van der Waals surface area contributed by atoms with Crippen LogP contribution in [0, 0.1) is 12.8 Å². The molecular weight excluding hydrogens is 284 g/mol. The van der Waals surface area contributed by atoms with Crippen molar-refractivity contribution in [2.45, 2.75) is 19.4 Å². The average molecular weight is 302 g/mol. The second kappa shape index (κ2) is 5.95. The molecule has 4 nitrogen and oxygen atoms in total. The zero-order chi connectivity index (χ0) is 14.8. The summed E-state index contributed by atoms with van der Waals surface area (Å²) in [5, 5.41) is 9.49. The van der Waals surface area contributed by atoms with Gasteiger partial charge < -0.3 is 5.11 Å². The predicted molar refractivity (Wildman–Crippen MR) is 82.4 cm³/mol. The van der Waals surface area contributed by atoms with Crippen LogP contribution in [0.15, 0.2) is 36.7 Å². The highest BCUT2D eigenvalue weighted by atomic mass is 32.1. The van der Waals surface area contributed by atoms with Crippen molar-refractivity contribution in [2.75, 3.05) is 13.1 Å². The minimum absolute atomic E-state index is 0.0252. The number of carboxylic acid groups (broad SMARTS) is 1. The standard InChI is InChI=1S/C16H18N2O2S/c1-11-4-5-13(21-11)8-18-9-14(15(10-18)16(19)20)12-3-2-6-17-7-12/h2-7,14-15H,8-10H2,1H3,(H,19,20)/t14-,15+/m0/s1. The third-order valence-electron chi connectivity index (χ3n) is 4.00. The molecule has 1 aliphatic heterocycles. The first kappa shape index (κ1) is 14.2. The lowest BCUT2D eigenvalue weighted by Gasteiger charge is -2.15. The fourth-order valence-electron chi connectivity index (χ4n) is 2.99. The van der Waals surface area contributed by atoms with Crippen LogP contribution in [-0.2, 0) is 11.3 Å². The molecule has 1 saturated heterocycles. The van der Waals surface area contributed by atoms with E-state index in [2.05, 4.69) is 28.9 Å². The van der Waals surface area contributed by atoms with E-state index in [1.165, 1.54) is 9.75 Å². The van der Waals surface area contributed by atoms with Crippen LogP contribution >= 0.6 is 11.3 Å². The summed E-state index contributed by atoms with van der Waals surface area (Å²) in [6.45, 7) is 4.31. The summed E-state index contributed by atoms with van der Waals surface area (Å²) in [5.74, 6) is -1.04. The van der Waals surface area contributed by atoms with Gasteiger partial charge in [-0.1, -0.05) is 6.07 Å². The molecule has 1 aliphatic rings.